The van der Waals surface area contributed by atoms with Crippen molar-refractivity contribution in [3.8, 4) is 16.8 Å². The van der Waals surface area contributed by atoms with Gasteiger partial charge in [0, 0.05) is 18.2 Å². The van der Waals surface area contributed by atoms with E-state index >= 15 is 0 Å². The van der Waals surface area contributed by atoms with Crippen LogP contribution in [-0.4, -0.2) is 45.8 Å². The third-order valence-electron chi connectivity index (χ3n) is 6.86. The minimum atomic E-state index is -0.244. The van der Waals surface area contributed by atoms with E-state index in [-0.39, 0.29) is 30.4 Å². The summed E-state index contributed by atoms with van der Waals surface area (Å²) in [4.78, 5) is 28.3. The highest BCUT2D eigenvalue weighted by molar-refractivity contribution is 5.98. The second-order valence-corrected chi connectivity index (χ2v) is 10.5. The average Bonchev–Trinajstić information content (AvgIpc) is 3.19. The summed E-state index contributed by atoms with van der Waals surface area (Å²) in [5, 5.41) is 11.1. The summed E-state index contributed by atoms with van der Waals surface area (Å²) in [6.07, 6.45) is 5.51. The van der Waals surface area contributed by atoms with Gasteiger partial charge in [-0.15, -0.1) is 0 Å². The molecule has 0 spiro atoms. The van der Waals surface area contributed by atoms with Gasteiger partial charge in [-0.3, -0.25) is 4.79 Å². The molecule has 0 bridgehead atoms. The summed E-state index contributed by atoms with van der Waals surface area (Å²) in [5.74, 6) is 0.607. The maximum absolute atomic E-state index is 13.5. The van der Waals surface area contributed by atoms with Gasteiger partial charge in [-0.05, 0) is 49.8 Å². The molecule has 37 heavy (non-hydrogen) atoms. The zero-order valence-corrected chi connectivity index (χ0v) is 22.5. The molecule has 0 unspecified atom stereocenters. The summed E-state index contributed by atoms with van der Waals surface area (Å²) in [6, 6.07) is 18.0. The number of amides is 3. The number of benzene rings is 2. The fourth-order valence-electron chi connectivity index (χ4n) is 5.09. The summed E-state index contributed by atoms with van der Waals surface area (Å²) in [6.45, 7) is 8.58. The number of aryl methyl sites for hydroxylation is 2. The number of para-hydroxylation sites is 1. The zero-order valence-electron chi connectivity index (χ0n) is 22.5. The number of nitrogens with one attached hydrogen (secondary N) is 2. The Balaban J connectivity index is 1.62. The Morgan fingerprint density at radius 1 is 1.00 bits per heavy atom. The van der Waals surface area contributed by atoms with Crippen LogP contribution in [0.25, 0.3) is 16.8 Å². The molecule has 0 saturated heterocycles. The van der Waals surface area contributed by atoms with E-state index in [4.69, 9.17) is 5.10 Å². The molecule has 1 aromatic heterocycles. The Morgan fingerprint density at radius 3 is 2.35 bits per heavy atom. The van der Waals surface area contributed by atoms with Crippen LogP contribution in [0.1, 0.15) is 57.2 Å². The van der Waals surface area contributed by atoms with Crippen molar-refractivity contribution < 1.29 is 9.59 Å². The normalized spacial score (nSPS) is 14.0. The fourth-order valence-corrected chi connectivity index (χ4v) is 5.09. The maximum Gasteiger partial charge on any atom is 0.318 e. The smallest absolute Gasteiger partial charge is 0.318 e. The van der Waals surface area contributed by atoms with Crippen molar-refractivity contribution >= 4 is 17.8 Å². The van der Waals surface area contributed by atoms with E-state index in [1.54, 1.807) is 9.58 Å². The van der Waals surface area contributed by atoms with Gasteiger partial charge in [0.1, 0.15) is 12.4 Å². The summed E-state index contributed by atoms with van der Waals surface area (Å²) < 4.78 is 1.81. The van der Waals surface area contributed by atoms with Gasteiger partial charge in [0.05, 0.1) is 11.4 Å². The van der Waals surface area contributed by atoms with Crippen LogP contribution in [0.4, 0.5) is 10.6 Å². The standard InChI is InChI=1S/C30H39N5O2/c1-21(2)19-34(30(37)31-25-16-9-6-10-17-25)20-27(36)32-29-28(24-14-7-5-8-15-24)23(4)33-35(29)26-18-12-11-13-22(26)3/h5,7-8,11-15,18,21,25H,6,9-10,16-17,19-20H2,1-4H3,(H,31,37)(H,32,36). The van der Waals surface area contributed by atoms with Crippen LogP contribution in [-0.2, 0) is 4.79 Å². The molecule has 3 aromatic rings. The zero-order chi connectivity index (χ0) is 26.4. The van der Waals surface area contributed by atoms with Crippen LogP contribution in [0.15, 0.2) is 54.6 Å². The van der Waals surface area contributed by atoms with Crippen molar-refractivity contribution in [1.29, 1.82) is 0 Å². The van der Waals surface area contributed by atoms with E-state index in [9.17, 15) is 9.59 Å². The summed E-state index contributed by atoms with van der Waals surface area (Å²) in [7, 11) is 0. The second kappa shape index (κ2) is 12.1. The van der Waals surface area contributed by atoms with E-state index in [0.29, 0.717) is 12.4 Å². The first-order valence-corrected chi connectivity index (χ1v) is 13.4. The van der Waals surface area contributed by atoms with Crippen LogP contribution in [0.2, 0.25) is 0 Å². The molecule has 0 radical (unpaired) electrons. The highest BCUT2D eigenvalue weighted by Crippen LogP contribution is 2.34. The first-order chi connectivity index (χ1) is 17.8. The van der Waals surface area contributed by atoms with Gasteiger partial charge < -0.3 is 15.5 Å². The lowest BCUT2D eigenvalue weighted by molar-refractivity contribution is -0.116. The van der Waals surface area contributed by atoms with E-state index in [1.807, 2.05) is 68.4 Å². The topological polar surface area (TPSA) is 79.3 Å². The Hall–Kier alpha value is -3.61. The maximum atomic E-state index is 13.5. The Labute approximate surface area is 220 Å². The van der Waals surface area contributed by atoms with Crippen LogP contribution >= 0.6 is 0 Å². The number of nitrogens with zero attached hydrogens (tertiary/aromatic N) is 3. The highest BCUT2D eigenvalue weighted by Gasteiger charge is 2.25. The van der Waals surface area contributed by atoms with Crippen LogP contribution in [0, 0.1) is 19.8 Å². The molecule has 3 amide bonds. The molecular formula is C30H39N5O2. The number of aromatic nitrogens is 2. The van der Waals surface area contributed by atoms with Gasteiger partial charge in [0.15, 0.2) is 0 Å². The SMILES string of the molecule is Cc1ccccc1-n1nc(C)c(-c2ccccc2)c1NC(=O)CN(CC(C)C)C(=O)NC1CCCCC1. The van der Waals surface area contributed by atoms with Gasteiger partial charge in [0.2, 0.25) is 5.91 Å². The lowest BCUT2D eigenvalue weighted by atomic mass is 9.96. The molecule has 2 aromatic carbocycles. The number of anilines is 1. The first-order valence-electron chi connectivity index (χ1n) is 13.4. The number of rotatable bonds is 8. The highest BCUT2D eigenvalue weighted by atomic mass is 16.2. The summed E-state index contributed by atoms with van der Waals surface area (Å²) >= 11 is 0. The lowest BCUT2D eigenvalue weighted by Crippen LogP contribution is -2.49. The monoisotopic (exact) mass is 501 g/mol. The lowest BCUT2D eigenvalue weighted by Gasteiger charge is -2.29. The van der Waals surface area contributed by atoms with Crippen molar-refractivity contribution in [1.82, 2.24) is 20.0 Å². The molecule has 1 saturated carbocycles. The van der Waals surface area contributed by atoms with Crippen LogP contribution in [0.5, 0.6) is 0 Å². The van der Waals surface area contributed by atoms with Crippen LogP contribution < -0.4 is 10.6 Å². The Bertz CT molecular complexity index is 1210. The third-order valence-corrected chi connectivity index (χ3v) is 6.86. The van der Waals surface area contributed by atoms with Crippen LogP contribution in [0.3, 0.4) is 0 Å². The van der Waals surface area contributed by atoms with E-state index < -0.39 is 0 Å². The molecule has 0 atom stereocenters. The predicted molar refractivity (Wildman–Crippen MR) is 149 cm³/mol. The molecule has 4 rings (SSSR count). The van der Waals surface area contributed by atoms with Gasteiger partial charge in [0.25, 0.3) is 0 Å². The van der Waals surface area contributed by atoms with Gasteiger partial charge in [-0.1, -0.05) is 81.6 Å². The number of carbonyl (C=O) groups is 2. The second-order valence-electron chi connectivity index (χ2n) is 10.5. The molecule has 7 nitrogen and oxygen atoms in total. The molecular weight excluding hydrogens is 462 g/mol. The molecule has 1 fully saturated rings. The van der Waals surface area contributed by atoms with Crippen molar-refractivity contribution in [3.63, 3.8) is 0 Å². The van der Waals surface area contributed by atoms with E-state index in [1.165, 1.54) is 6.42 Å². The van der Waals surface area contributed by atoms with Crippen molar-refractivity contribution in [2.75, 3.05) is 18.4 Å². The quantitative estimate of drug-likeness (QED) is 0.392. The molecule has 1 heterocycles. The molecule has 196 valence electrons. The van der Waals surface area contributed by atoms with Crippen molar-refractivity contribution in [2.24, 2.45) is 5.92 Å². The largest absolute Gasteiger partial charge is 0.335 e. The van der Waals surface area contributed by atoms with E-state index in [0.717, 1.165) is 53.8 Å². The minimum Gasteiger partial charge on any atom is -0.335 e. The molecule has 7 heteroatoms. The molecule has 1 aliphatic rings. The molecule has 0 aliphatic heterocycles. The van der Waals surface area contributed by atoms with Gasteiger partial charge in [-0.25, -0.2) is 9.48 Å². The van der Waals surface area contributed by atoms with Gasteiger partial charge in [-0.2, -0.15) is 5.10 Å². The Morgan fingerprint density at radius 2 is 1.68 bits per heavy atom. The minimum absolute atomic E-state index is 0.0248. The third kappa shape index (κ3) is 6.59. The number of hydrogen-bond acceptors (Lipinski definition) is 3. The Kier molecular flexibility index (Phi) is 8.64. The number of hydrogen-bond donors (Lipinski definition) is 2. The molecule has 2 N–H and O–H groups in total. The van der Waals surface area contributed by atoms with Crippen molar-refractivity contribution in [3.05, 3.63) is 65.9 Å². The fraction of sp³-hybridized carbons (Fsp3) is 0.433. The molecule has 1 aliphatic carbocycles. The predicted octanol–water partition coefficient (Wildman–Crippen LogP) is 6.09. The first kappa shape index (κ1) is 26.5. The summed E-state index contributed by atoms with van der Waals surface area (Å²) in [5.41, 5.74) is 4.62. The number of urea groups is 1. The average molecular weight is 502 g/mol. The van der Waals surface area contributed by atoms with E-state index in [2.05, 4.69) is 24.5 Å². The van der Waals surface area contributed by atoms with Gasteiger partial charge >= 0.3 is 6.03 Å². The van der Waals surface area contributed by atoms with Crippen molar-refractivity contribution in [2.45, 2.75) is 65.8 Å². The number of carbonyl (C=O) groups excluding carboxylic acids is 2.